The van der Waals surface area contributed by atoms with Crippen LogP contribution in [0.4, 0.5) is 0 Å². The molecule has 0 fully saturated rings. The topological polar surface area (TPSA) is 49.8 Å². The van der Waals surface area contributed by atoms with Crippen molar-refractivity contribution in [1.29, 1.82) is 0 Å². The van der Waals surface area contributed by atoms with Gasteiger partial charge in [0, 0.05) is 15.5 Å². The van der Waals surface area contributed by atoms with Gasteiger partial charge >= 0.3 is 0 Å². The van der Waals surface area contributed by atoms with Gasteiger partial charge in [-0.2, -0.15) is 5.06 Å². The number of carbonyl (C=O) groups is 1. The van der Waals surface area contributed by atoms with Crippen LogP contribution in [0.25, 0.3) is 5.57 Å². The van der Waals surface area contributed by atoms with E-state index < -0.39 is 11.1 Å². The molecule has 5 heteroatoms. The zero-order valence-corrected chi connectivity index (χ0v) is 16.7. The molecule has 0 bridgehead atoms. The normalized spacial score (nSPS) is 20.4. The van der Waals surface area contributed by atoms with E-state index in [0.717, 1.165) is 20.7 Å². The van der Waals surface area contributed by atoms with Gasteiger partial charge in [-0.05, 0) is 29.3 Å². The Hall–Kier alpha value is -1.95. The molecule has 2 aromatic carbocycles. The predicted octanol–water partition coefficient (Wildman–Crippen LogP) is 4.54. The largest absolute Gasteiger partial charge is 0.365 e. The predicted molar refractivity (Wildman–Crippen MR) is 105 cm³/mol. The van der Waals surface area contributed by atoms with E-state index in [1.54, 1.807) is 6.08 Å². The summed E-state index contributed by atoms with van der Waals surface area (Å²) in [4.78, 5) is 18.9. The first kappa shape index (κ1) is 18.8. The molecule has 1 aliphatic heterocycles. The molecule has 0 saturated carbocycles. The maximum absolute atomic E-state index is 13.1. The van der Waals surface area contributed by atoms with E-state index in [2.05, 4.69) is 15.9 Å². The standard InChI is InChI=1S/C21H22BrNO3/c1-20(2,3)21(25)13-18(16-10-7-11-17(22)12-16)19(24)23(21)26-14-15-8-5-4-6-9-15/h4-13,25H,14H2,1-3H3. The molecule has 2 aromatic rings. The lowest BCUT2D eigenvalue weighted by atomic mass is 9.83. The Kier molecular flexibility index (Phi) is 5.06. The first-order chi connectivity index (χ1) is 12.2. The number of hydrogen-bond donors (Lipinski definition) is 1. The summed E-state index contributed by atoms with van der Waals surface area (Å²) in [5.74, 6) is -0.351. The lowest BCUT2D eigenvalue weighted by Gasteiger charge is -2.41. The van der Waals surface area contributed by atoms with E-state index >= 15 is 0 Å². The fourth-order valence-electron chi connectivity index (χ4n) is 2.84. The highest BCUT2D eigenvalue weighted by Gasteiger charge is 2.53. The van der Waals surface area contributed by atoms with Gasteiger partial charge in [-0.15, -0.1) is 0 Å². The van der Waals surface area contributed by atoms with Crippen LogP contribution in [0.2, 0.25) is 0 Å². The Bertz CT molecular complexity index is 842. The van der Waals surface area contributed by atoms with Crippen LogP contribution in [0.3, 0.4) is 0 Å². The molecule has 1 atom stereocenters. The van der Waals surface area contributed by atoms with Crippen molar-refractivity contribution in [3.05, 3.63) is 76.3 Å². The Morgan fingerprint density at radius 2 is 1.81 bits per heavy atom. The number of hydrogen-bond acceptors (Lipinski definition) is 3. The van der Waals surface area contributed by atoms with Crippen molar-refractivity contribution in [3.8, 4) is 0 Å². The Morgan fingerprint density at radius 1 is 1.12 bits per heavy atom. The molecule has 0 aliphatic carbocycles. The average Bonchev–Trinajstić information content (AvgIpc) is 2.86. The maximum atomic E-state index is 13.1. The SMILES string of the molecule is CC(C)(C)C1(O)C=C(c2cccc(Br)c2)C(=O)N1OCc1ccccc1. The number of benzene rings is 2. The van der Waals surface area contributed by atoms with Gasteiger partial charge in [-0.25, -0.2) is 0 Å². The van der Waals surface area contributed by atoms with Gasteiger partial charge in [0.2, 0.25) is 0 Å². The molecule has 0 saturated heterocycles. The van der Waals surface area contributed by atoms with Gasteiger partial charge in [-0.1, -0.05) is 79.2 Å². The van der Waals surface area contributed by atoms with Crippen LogP contribution in [0.15, 0.2) is 65.1 Å². The van der Waals surface area contributed by atoms with Crippen LogP contribution in [-0.2, 0) is 16.2 Å². The molecule has 1 aliphatic rings. The second-order valence-electron chi connectivity index (χ2n) is 7.40. The number of amides is 1. The summed E-state index contributed by atoms with van der Waals surface area (Å²) in [5, 5.41) is 12.4. The Balaban J connectivity index is 1.95. The first-order valence-electron chi connectivity index (χ1n) is 8.45. The van der Waals surface area contributed by atoms with Crippen LogP contribution >= 0.6 is 15.9 Å². The van der Waals surface area contributed by atoms with Crippen LogP contribution in [0, 0.1) is 5.41 Å². The quantitative estimate of drug-likeness (QED) is 0.796. The molecule has 0 radical (unpaired) electrons. The van der Waals surface area contributed by atoms with E-state index in [1.165, 1.54) is 0 Å². The molecule has 26 heavy (non-hydrogen) atoms. The summed E-state index contributed by atoms with van der Waals surface area (Å²) in [5.41, 5.74) is -0.0917. The van der Waals surface area contributed by atoms with E-state index in [0.29, 0.717) is 5.57 Å². The highest BCUT2D eigenvalue weighted by molar-refractivity contribution is 9.10. The highest BCUT2D eigenvalue weighted by atomic mass is 79.9. The maximum Gasteiger partial charge on any atom is 0.280 e. The second-order valence-corrected chi connectivity index (χ2v) is 8.32. The van der Waals surface area contributed by atoms with Crippen molar-refractivity contribution >= 4 is 27.4 Å². The van der Waals surface area contributed by atoms with Crippen LogP contribution in [0.1, 0.15) is 31.9 Å². The van der Waals surface area contributed by atoms with Crippen molar-refractivity contribution < 1.29 is 14.7 Å². The summed E-state index contributed by atoms with van der Waals surface area (Å²) >= 11 is 3.43. The molecule has 0 aromatic heterocycles. The summed E-state index contributed by atoms with van der Waals surface area (Å²) in [6.07, 6.45) is 1.60. The number of halogens is 1. The number of hydroxylamine groups is 2. The minimum atomic E-state index is -1.55. The Labute approximate surface area is 162 Å². The fourth-order valence-corrected chi connectivity index (χ4v) is 3.24. The van der Waals surface area contributed by atoms with Crippen LogP contribution in [-0.4, -0.2) is 21.8 Å². The van der Waals surface area contributed by atoms with Gasteiger partial charge in [-0.3, -0.25) is 9.63 Å². The number of nitrogens with zero attached hydrogens (tertiary/aromatic N) is 1. The minimum Gasteiger partial charge on any atom is -0.365 e. The molecule has 1 N–H and O–H groups in total. The molecule has 1 amide bonds. The molecule has 0 spiro atoms. The van der Waals surface area contributed by atoms with Crippen molar-refractivity contribution in [2.75, 3.05) is 0 Å². The summed E-state index contributed by atoms with van der Waals surface area (Å²) in [6, 6.07) is 17.0. The highest BCUT2D eigenvalue weighted by Crippen LogP contribution is 2.43. The third-order valence-corrected chi connectivity index (χ3v) is 5.01. The van der Waals surface area contributed by atoms with E-state index in [1.807, 2.05) is 75.4 Å². The van der Waals surface area contributed by atoms with Crippen LogP contribution in [0.5, 0.6) is 0 Å². The number of aliphatic hydroxyl groups is 1. The molecule has 1 unspecified atom stereocenters. The first-order valence-corrected chi connectivity index (χ1v) is 9.24. The average molecular weight is 416 g/mol. The summed E-state index contributed by atoms with van der Waals surface area (Å²) < 4.78 is 0.867. The second kappa shape index (κ2) is 6.99. The molecule has 3 rings (SSSR count). The smallest absolute Gasteiger partial charge is 0.280 e. The van der Waals surface area contributed by atoms with Gasteiger partial charge in [0.15, 0.2) is 5.72 Å². The van der Waals surface area contributed by atoms with Crippen molar-refractivity contribution in [1.82, 2.24) is 5.06 Å². The lowest BCUT2D eigenvalue weighted by Crippen LogP contribution is -2.54. The fraction of sp³-hybridized carbons (Fsp3) is 0.286. The molecular formula is C21H22BrNO3. The monoisotopic (exact) mass is 415 g/mol. The summed E-state index contributed by atoms with van der Waals surface area (Å²) in [7, 11) is 0. The zero-order chi connectivity index (χ0) is 18.9. The third kappa shape index (κ3) is 3.47. The van der Waals surface area contributed by atoms with Crippen molar-refractivity contribution in [2.24, 2.45) is 5.41 Å². The number of carbonyl (C=O) groups excluding carboxylic acids is 1. The molecule has 1 heterocycles. The Morgan fingerprint density at radius 3 is 2.42 bits per heavy atom. The lowest BCUT2D eigenvalue weighted by molar-refractivity contribution is -0.285. The van der Waals surface area contributed by atoms with E-state index in [4.69, 9.17) is 4.84 Å². The van der Waals surface area contributed by atoms with Gasteiger partial charge < -0.3 is 5.11 Å². The van der Waals surface area contributed by atoms with Gasteiger partial charge in [0.05, 0.1) is 0 Å². The number of rotatable bonds is 4. The molecular weight excluding hydrogens is 394 g/mol. The summed E-state index contributed by atoms with van der Waals surface area (Å²) in [6.45, 7) is 5.82. The van der Waals surface area contributed by atoms with E-state index in [-0.39, 0.29) is 12.5 Å². The van der Waals surface area contributed by atoms with E-state index in [9.17, 15) is 9.90 Å². The molecule has 4 nitrogen and oxygen atoms in total. The van der Waals surface area contributed by atoms with Crippen molar-refractivity contribution in [2.45, 2.75) is 33.1 Å². The third-order valence-electron chi connectivity index (χ3n) is 4.51. The molecule has 136 valence electrons. The van der Waals surface area contributed by atoms with Gasteiger partial charge in [0.25, 0.3) is 5.91 Å². The van der Waals surface area contributed by atoms with Crippen LogP contribution < -0.4 is 0 Å². The minimum absolute atomic E-state index is 0.199. The zero-order valence-electron chi connectivity index (χ0n) is 15.1. The van der Waals surface area contributed by atoms with Crippen molar-refractivity contribution in [3.63, 3.8) is 0 Å². The van der Waals surface area contributed by atoms with Gasteiger partial charge in [0.1, 0.15) is 6.61 Å².